The van der Waals surface area contributed by atoms with Crippen molar-refractivity contribution in [2.24, 2.45) is 0 Å². The Kier molecular flexibility index (Phi) is 4.04. The number of H-pyrrole nitrogens is 1. The number of hydrogen-bond donors (Lipinski definition) is 2. The molecule has 0 bridgehead atoms. The quantitative estimate of drug-likeness (QED) is 0.704. The molecule has 1 aliphatic carbocycles. The fraction of sp³-hybridized carbons (Fsp3) is 0.333. The summed E-state index contributed by atoms with van der Waals surface area (Å²) >= 11 is 1.07. The molecule has 7 nitrogen and oxygen atoms in total. The average Bonchev–Trinajstić information content (AvgIpc) is 3.00. The number of amides is 1. The largest absolute Gasteiger partial charge is 0.309 e. The summed E-state index contributed by atoms with van der Waals surface area (Å²) in [5, 5.41) is 15.4. The van der Waals surface area contributed by atoms with Crippen molar-refractivity contribution in [3.63, 3.8) is 0 Å². The maximum Gasteiger partial charge on any atom is 0.281 e. The Morgan fingerprint density at radius 2 is 2.32 bits per heavy atom. The Bertz CT molecular complexity index is 897. The lowest BCUT2D eigenvalue weighted by Gasteiger charge is -1.99. The van der Waals surface area contributed by atoms with Crippen molar-refractivity contribution in [1.29, 1.82) is 0 Å². The number of aromatic amines is 1. The summed E-state index contributed by atoms with van der Waals surface area (Å²) in [6, 6.07) is 1.85. The third-order valence-electron chi connectivity index (χ3n) is 3.81. The normalized spacial score (nSPS) is 14.2. The standard InChI is InChI=1S/C15H14F2N6OS/c16-14(17)11-7-25-15(19-11)23-6-8(5-18-23)3-13(24)20-12-4-10(21-22-12)9-1-2-9/h4-7,9,14H,1-3H2,(H2,20,21,22,24). The van der Waals surface area contributed by atoms with Crippen LogP contribution in [0.3, 0.4) is 0 Å². The molecule has 0 unspecified atom stereocenters. The molecule has 0 radical (unpaired) electrons. The molecule has 1 amide bonds. The van der Waals surface area contributed by atoms with Gasteiger partial charge in [0.1, 0.15) is 5.69 Å². The molecule has 1 saturated carbocycles. The zero-order valence-corrected chi connectivity index (χ0v) is 13.8. The van der Waals surface area contributed by atoms with Crippen LogP contribution in [0.15, 0.2) is 23.8 Å². The van der Waals surface area contributed by atoms with E-state index in [1.165, 1.54) is 16.3 Å². The number of nitrogens with zero attached hydrogens (tertiary/aromatic N) is 4. The van der Waals surface area contributed by atoms with E-state index in [4.69, 9.17) is 0 Å². The molecule has 0 aromatic carbocycles. The van der Waals surface area contributed by atoms with Gasteiger partial charge < -0.3 is 5.32 Å². The fourth-order valence-corrected chi connectivity index (χ4v) is 3.16. The van der Waals surface area contributed by atoms with E-state index in [1.54, 1.807) is 6.20 Å². The molecule has 3 aromatic heterocycles. The lowest BCUT2D eigenvalue weighted by Crippen LogP contribution is -2.14. The zero-order chi connectivity index (χ0) is 17.4. The van der Waals surface area contributed by atoms with Gasteiger partial charge in [0.05, 0.1) is 12.6 Å². The highest BCUT2D eigenvalue weighted by molar-refractivity contribution is 7.12. The number of thiazole rings is 1. The number of carbonyl (C=O) groups excluding carboxylic acids is 1. The van der Waals surface area contributed by atoms with Gasteiger partial charge in [0.15, 0.2) is 5.82 Å². The second-order valence-electron chi connectivity index (χ2n) is 5.86. The lowest BCUT2D eigenvalue weighted by molar-refractivity contribution is -0.115. The van der Waals surface area contributed by atoms with Crippen LogP contribution in [0.5, 0.6) is 0 Å². The topological polar surface area (TPSA) is 88.5 Å². The summed E-state index contributed by atoms with van der Waals surface area (Å²) < 4.78 is 26.6. The first-order valence-corrected chi connectivity index (χ1v) is 8.59. The molecule has 1 fully saturated rings. The molecule has 1 aliphatic rings. The van der Waals surface area contributed by atoms with E-state index in [2.05, 4.69) is 25.6 Å². The van der Waals surface area contributed by atoms with Gasteiger partial charge in [0.25, 0.3) is 6.43 Å². The molecule has 0 atom stereocenters. The van der Waals surface area contributed by atoms with Crippen molar-refractivity contribution in [3.8, 4) is 5.13 Å². The van der Waals surface area contributed by atoms with Gasteiger partial charge in [0, 0.05) is 29.3 Å². The molecule has 4 rings (SSSR count). The first-order valence-electron chi connectivity index (χ1n) is 7.71. The molecule has 0 saturated heterocycles. The predicted octanol–water partition coefficient (Wildman–Crippen LogP) is 3.05. The number of anilines is 1. The average molecular weight is 364 g/mol. The number of nitrogens with one attached hydrogen (secondary N) is 2. The molecule has 3 aromatic rings. The van der Waals surface area contributed by atoms with Gasteiger partial charge >= 0.3 is 0 Å². The van der Waals surface area contributed by atoms with Crippen LogP contribution in [0.1, 0.15) is 42.1 Å². The molecule has 10 heteroatoms. The highest BCUT2D eigenvalue weighted by atomic mass is 32.1. The number of rotatable bonds is 6. The Labute approximate surface area is 145 Å². The first kappa shape index (κ1) is 15.9. The summed E-state index contributed by atoms with van der Waals surface area (Å²) in [7, 11) is 0. The van der Waals surface area contributed by atoms with Crippen LogP contribution < -0.4 is 5.32 Å². The zero-order valence-electron chi connectivity index (χ0n) is 12.9. The van der Waals surface area contributed by atoms with Crippen LogP contribution in [-0.2, 0) is 11.2 Å². The summed E-state index contributed by atoms with van der Waals surface area (Å²) in [4.78, 5) is 15.9. The van der Waals surface area contributed by atoms with Gasteiger partial charge in [-0.2, -0.15) is 10.2 Å². The molecule has 25 heavy (non-hydrogen) atoms. The summed E-state index contributed by atoms with van der Waals surface area (Å²) in [6.07, 6.45) is 2.92. The monoisotopic (exact) mass is 364 g/mol. The van der Waals surface area contributed by atoms with Gasteiger partial charge in [-0.1, -0.05) is 0 Å². The number of carbonyl (C=O) groups is 1. The van der Waals surface area contributed by atoms with E-state index in [0.29, 0.717) is 22.4 Å². The van der Waals surface area contributed by atoms with Crippen molar-refractivity contribution < 1.29 is 13.6 Å². The highest BCUT2D eigenvalue weighted by Gasteiger charge is 2.25. The minimum Gasteiger partial charge on any atom is -0.309 e. The molecule has 0 spiro atoms. The number of halogens is 2. The van der Waals surface area contributed by atoms with Crippen LogP contribution in [0.2, 0.25) is 0 Å². The molecule has 0 aliphatic heterocycles. The molecular formula is C15H14F2N6OS. The fourth-order valence-electron chi connectivity index (χ4n) is 2.41. The predicted molar refractivity (Wildman–Crippen MR) is 87.1 cm³/mol. The van der Waals surface area contributed by atoms with Gasteiger partial charge in [0.2, 0.25) is 11.0 Å². The first-order chi connectivity index (χ1) is 12.1. The number of hydrogen-bond acceptors (Lipinski definition) is 5. The van der Waals surface area contributed by atoms with Crippen LogP contribution >= 0.6 is 11.3 Å². The van der Waals surface area contributed by atoms with E-state index < -0.39 is 6.43 Å². The summed E-state index contributed by atoms with van der Waals surface area (Å²) in [6.45, 7) is 0. The van der Waals surface area contributed by atoms with E-state index in [0.717, 1.165) is 29.9 Å². The second-order valence-corrected chi connectivity index (χ2v) is 6.69. The Balaban J connectivity index is 1.38. The van der Waals surface area contributed by atoms with Crippen LogP contribution in [0, 0.1) is 0 Å². The summed E-state index contributed by atoms with van der Waals surface area (Å²) in [5.41, 5.74) is 1.42. The Morgan fingerprint density at radius 3 is 3.04 bits per heavy atom. The SMILES string of the molecule is O=C(Cc1cnn(-c2nc(C(F)F)cs2)c1)Nc1cc(C2CC2)[nH]n1. The Morgan fingerprint density at radius 1 is 1.48 bits per heavy atom. The van der Waals surface area contributed by atoms with Crippen LogP contribution in [-0.4, -0.2) is 30.9 Å². The van der Waals surface area contributed by atoms with Crippen molar-refractivity contribution in [2.45, 2.75) is 31.6 Å². The smallest absolute Gasteiger partial charge is 0.281 e. The number of aromatic nitrogens is 5. The maximum atomic E-state index is 12.6. The molecule has 2 N–H and O–H groups in total. The van der Waals surface area contributed by atoms with E-state index in [9.17, 15) is 13.6 Å². The van der Waals surface area contributed by atoms with Crippen molar-refractivity contribution in [3.05, 3.63) is 40.8 Å². The van der Waals surface area contributed by atoms with Gasteiger partial charge in [-0.15, -0.1) is 11.3 Å². The molecule has 3 heterocycles. The Hall–Kier alpha value is -2.62. The van der Waals surface area contributed by atoms with Crippen LogP contribution in [0.4, 0.5) is 14.6 Å². The van der Waals surface area contributed by atoms with E-state index in [-0.39, 0.29) is 18.0 Å². The maximum absolute atomic E-state index is 12.6. The van der Waals surface area contributed by atoms with Crippen molar-refractivity contribution in [1.82, 2.24) is 25.0 Å². The van der Waals surface area contributed by atoms with Gasteiger partial charge in [-0.25, -0.2) is 18.4 Å². The minimum absolute atomic E-state index is 0.110. The molecule has 130 valence electrons. The van der Waals surface area contributed by atoms with Crippen LogP contribution in [0.25, 0.3) is 5.13 Å². The minimum atomic E-state index is -2.61. The third-order valence-corrected chi connectivity index (χ3v) is 4.66. The molecular weight excluding hydrogens is 350 g/mol. The van der Waals surface area contributed by atoms with Gasteiger partial charge in [-0.05, 0) is 18.4 Å². The van der Waals surface area contributed by atoms with E-state index >= 15 is 0 Å². The van der Waals surface area contributed by atoms with E-state index in [1.807, 2.05) is 6.07 Å². The second kappa shape index (κ2) is 6.36. The number of alkyl halides is 2. The lowest BCUT2D eigenvalue weighted by atomic mass is 10.2. The summed E-state index contributed by atoms with van der Waals surface area (Å²) in [5.74, 6) is 0.814. The third kappa shape index (κ3) is 3.58. The van der Waals surface area contributed by atoms with Crippen molar-refractivity contribution >= 4 is 23.1 Å². The highest BCUT2D eigenvalue weighted by Crippen LogP contribution is 2.39. The van der Waals surface area contributed by atoms with Crippen molar-refractivity contribution in [2.75, 3.05) is 5.32 Å². The van der Waals surface area contributed by atoms with Gasteiger partial charge in [-0.3, -0.25) is 9.89 Å².